The third-order valence-electron chi connectivity index (χ3n) is 4.19. The molecule has 0 aliphatic carbocycles. The smallest absolute Gasteiger partial charge is 0.130 e. The second kappa shape index (κ2) is 5.70. The zero-order valence-electron chi connectivity index (χ0n) is 12.6. The molecule has 3 rings (SSSR count). The predicted molar refractivity (Wildman–Crippen MR) is 84.1 cm³/mol. The molecule has 0 spiro atoms. The number of nitrogens with one attached hydrogen (secondary N) is 1. The van der Waals surface area contributed by atoms with Crippen LogP contribution in [-0.4, -0.2) is 29.0 Å². The SMILES string of the molecule is CNC(Cc1c(C)nn(C)c1Cl)C1Cc2ccccc2O1. The summed E-state index contributed by atoms with van der Waals surface area (Å²) in [4.78, 5) is 0. The summed E-state index contributed by atoms with van der Waals surface area (Å²) in [6.45, 7) is 2.00. The van der Waals surface area contributed by atoms with Crippen molar-refractivity contribution in [1.82, 2.24) is 15.1 Å². The molecule has 2 unspecified atom stereocenters. The lowest BCUT2D eigenvalue weighted by Gasteiger charge is -2.23. The van der Waals surface area contributed by atoms with Gasteiger partial charge in [-0.15, -0.1) is 0 Å². The van der Waals surface area contributed by atoms with Crippen molar-refractivity contribution in [2.24, 2.45) is 7.05 Å². The molecule has 21 heavy (non-hydrogen) atoms. The molecule has 2 aromatic rings. The van der Waals surface area contributed by atoms with Gasteiger partial charge in [0.1, 0.15) is 17.0 Å². The van der Waals surface area contributed by atoms with Crippen molar-refractivity contribution in [3.8, 4) is 5.75 Å². The van der Waals surface area contributed by atoms with E-state index in [-0.39, 0.29) is 12.1 Å². The van der Waals surface area contributed by atoms with E-state index in [9.17, 15) is 0 Å². The average Bonchev–Trinajstić information content (AvgIpc) is 3.00. The molecule has 1 aliphatic rings. The monoisotopic (exact) mass is 305 g/mol. The molecule has 0 saturated carbocycles. The Morgan fingerprint density at radius 2 is 2.24 bits per heavy atom. The summed E-state index contributed by atoms with van der Waals surface area (Å²) in [6, 6.07) is 8.44. The van der Waals surface area contributed by atoms with Crippen molar-refractivity contribution < 1.29 is 4.74 Å². The van der Waals surface area contributed by atoms with E-state index < -0.39 is 0 Å². The number of hydrogen-bond acceptors (Lipinski definition) is 3. The number of para-hydroxylation sites is 1. The highest BCUT2D eigenvalue weighted by atomic mass is 35.5. The van der Waals surface area contributed by atoms with Crippen molar-refractivity contribution in [2.45, 2.75) is 31.9 Å². The van der Waals surface area contributed by atoms with Gasteiger partial charge >= 0.3 is 0 Å². The van der Waals surface area contributed by atoms with Crippen LogP contribution in [0.5, 0.6) is 5.75 Å². The van der Waals surface area contributed by atoms with Gasteiger partial charge in [-0.3, -0.25) is 4.68 Å². The van der Waals surface area contributed by atoms with Crippen LogP contribution in [0.1, 0.15) is 16.8 Å². The summed E-state index contributed by atoms with van der Waals surface area (Å²) in [5, 5.41) is 8.46. The normalized spacial score (nSPS) is 18.4. The third-order valence-corrected chi connectivity index (χ3v) is 4.66. The Balaban J connectivity index is 1.78. The van der Waals surface area contributed by atoms with Crippen LogP contribution in [0.25, 0.3) is 0 Å². The molecule has 1 aromatic heterocycles. The Bertz CT molecular complexity index is 628. The Morgan fingerprint density at radius 3 is 2.86 bits per heavy atom. The van der Waals surface area contributed by atoms with Gasteiger partial charge in [-0.1, -0.05) is 29.8 Å². The van der Waals surface area contributed by atoms with E-state index in [1.165, 1.54) is 5.56 Å². The minimum Gasteiger partial charge on any atom is -0.488 e. The number of nitrogens with zero attached hydrogens (tertiary/aromatic N) is 2. The van der Waals surface area contributed by atoms with Gasteiger partial charge in [0, 0.05) is 25.1 Å². The Morgan fingerprint density at radius 1 is 1.48 bits per heavy atom. The molecule has 1 aromatic carbocycles. The molecular weight excluding hydrogens is 286 g/mol. The molecule has 0 saturated heterocycles. The van der Waals surface area contributed by atoms with E-state index in [2.05, 4.69) is 22.5 Å². The van der Waals surface area contributed by atoms with Gasteiger partial charge in [0.05, 0.1) is 5.69 Å². The van der Waals surface area contributed by atoms with Gasteiger partial charge in [-0.25, -0.2) is 0 Å². The fourth-order valence-corrected chi connectivity index (χ4v) is 3.23. The molecule has 5 heteroatoms. The van der Waals surface area contributed by atoms with Crippen LogP contribution in [0.2, 0.25) is 5.15 Å². The van der Waals surface area contributed by atoms with Crippen LogP contribution >= 0.6 is 11.6 Å². The van der Waals surface area contributed by atoms with Gasteiger partial charge in [0.25, 0.3) is 0 Å². The number of aromatic nitrogens is 2. The molecule has 2 atom stereocenters. The minimum absolute atomic E-state index is 0.128. The van der Waals surface area contributed by atoms with Crippen LogP contribution in [0.3, 0.4) is 0 Å². The zero-order valence-corrected chi connectivity index (χ0v) is 13.3. The summed E-state index contributed by atoms with van der Waals surface area (Å²) in [5.41, 5.74) is 3.35. The number of aryl methyl sites for hydroxylation is 2. The number of ether oxygens (including phenoxy) is 1. The second-order valence-corrected chi connectivity index (χ2v) is 5.90. The lowest BCUT2D eigenvalue weighted by Crippen LogP contribution is -2.42. The average molecular weight is 306 g/mol. The van der Waals surface area contributed by atoms with E-state index in [1.54, 1.807) is 4.68 Å². The Kier molecular flexibility index (Phi) is 3.91. The van der Waals surface area contributed by atoms with E-state index in [0.29, 0.717) is 5.15 Å². The quantitative estimate of drug-likeness (QED) is 0.943. The molecule has 0 radical (unpaired) electrons. The molecule has 0 fully saturated rings. The van der Waals surface area contributed by atoms with Crippen molar-refractivity contribution in [1.29, 1.82) is 0 Å². The van der Waals surface area contributed by atoms with E-state index >= 15 is 0 Å². The Labute approximate surface area is 130 Å². The van der Waals surface area contributed by atoms with Crippen molar-refractivity contribution in [3.63, 3.8) is 0 Å². The minimum atomic E-state index is 0.128. The summed E-state index contributed by atoms with van der Waals surface area (Å²) < 4.78 is 7.81. The van der Waals surface area contributed by atoms with Crippen LogP contribution in [0.4, 0.5) is 0 Å². The van der Waals surface area contributed by atoms with Crippen LogP contribution < -0.4 is 10.1 Å². The standard InChI is InChI=1S/C16H20ClN3O/c1-10-12(16(17)20(3)19-10)9-13(18-2)15-8-11-6-4-5-7-14(11)21-15/h4-7,13,15,18H,8-9H2,1-3H3. The summed E-state index contributed by atoms with van der Waals surface area (Å²) in [6.07, 6.45) is 1.87. The molecule has 112 valence electrons. The van der Waals surface area contributed by atoms with Crippen molar-refractivity contribution >= 4 is 11.6 Å². The molecule has 0 amide bonds. The Hall–Kier alpha value is -1.52. The molecule has 0 bridgehead atoms. The number of likely N-dealkylation sites (N-methyl/N-ethyl adjacent to an activating group) is 1. The van der Waals surface area contributed by atoms with Gasteiger partial charge in [0.15, 0.2) is 0 Å². The molecule has 1 aliphatic heterocycles. The fraction of sp³-hybridized carbons (Fsp3) is 0.438. The maximum atomic E-state index is 6.34. The number of fused-ring (bicyclic) bond motifs is 1. The lowest BCUT2D eigenvalue weighted by molar-refractivity contribution is 0.182. The molecule has 4 nitrogen and oxygen atoms in total. The first kappa shape index (κ1) is 14.4. The first-order valence-corrected chi connectivity index (χ1v) is 7.57. The van der Waals surface area contributed by atoms with Crippen molar-refractivity contribution in [2.75, 3.05) is 7.05 Å². The highest BCUT2D eigenvalue weighted by molar-refractivity contribution is 6.30. The second-order valence-electron chi connectivity index (χ2n) is 5.55. The number of halogens is 1. The van der Waals surface area contributed by atoms with Gasteiger partial charge in [0.2, 0.25) is 0 Å². The highest BCUT2D eigenvalue weighted by Gasteiger charge is 2.30. The van der Waals surface area contributed by atoms with Crippen molar-refractivity contribution in [3.05, 3.63) is 46.2 Å². The maximum absolute atomic E-state index is 6.34. The van der Waals surface area contributed by atoms with Crippen LogP contribution in [0, 0.1) is 6.92 Å². The van der Waals surface area contributed by atoms with E-state index in [1.807, 2.05) is 33.2 Å². The number of benzene rings is 1. The van der Waals surface area contributed by atoms with E-state index in [4.69, 9.17) is 16.3 Å². The van der Waals surface area contributed by atoms with Crippen LogP contribution in [-0.2, 0) is 19.9 Å². The first-order chi connectivity index (χ1) is 10.1. The fourth-order valence-electron chi connectivity index (χ4n) is 2.98. The topological polar surface area (TPSA) is 39.1 Å². The zero-order chi connectivity index (χ0) is 15.0. The lowest BCUT2D eigenvalue weighted by atomic mass is 9.98. The third kappa shape index (κ3) is 2.65. The summed E-state index contributed by atoms with van der Waals surface area (Å²) in [5.74, 6) is 0.997. The molecular formula is C16H20ClN3O. The largest absolute Gasteiger partial charge is 0.488 e. The van der Waals surface area contributed by atoms with Gasteiger partial charge < -0.3 is 10.1 Å². The first-order valence-electron chi connectivity index (χ1n) is 7.20. The van der Waals surface area contributed by atoms with Gasteiger partial charge in [-0.2, -0.15) is 5.10 Å². The maximum Gasteiger partial charge on any atom is 0.130 e. The van der Waals surface area contributed by atoms with Crippen LogP contribution in [0.15, 0.2) is 24.3 Å². The summed E-state index contributed by atoms with van der Waals surface area (Å²) >= 11 is 6.34. The number of hydrogen-bond donors (Lipinski definition) is 1. The van der Waals surface area contributed by atoms with E-state index in [0.717, 1.165) is 29.8 Å². The van der Waals surface area contributed by atoms with Gasteiger partial charge in [-0.05, 0) is 32.0 Å². The summed E-state index contributed by atoms with van der Waals surface area (Å²) in [7, 11) is 3.84. The highest BCUT2D eigenvalue weighted by Crippen LogP contribution is 2.31. The molecule has 2 heterocycles. The molecule has 1 N–H and O–H groups in total. The number of rotatable bonds is 4. The predicted octanol–water partition coefficient (Wildman–Crippen LogP) is 2.52.